The van der Waals surface area contributed by atoms with E-state index in [1.165, 1.54) is 11.3 Å². The Hall–Kier alpha value is -3.12. The molecule has 3 aromatic heterocycles. The van der Waals surface area contributed by atoms with Crippen molar-refractivity contribution in [2.24, 2.45) is 0 Å². The molecule has 136 valence electrons. The number of nitrogens with one attached hydrogen (secondary N) is 1. The van der Waals surface area contributed by atoms with Gasteiger partial charge < -0.3 is 25.7 Å². The molecule has 3 heterocycles. The Morgan fingerprint density at radius 3 is 2.93 bits per heavy atom. The molecule has 7 nitrogen and oxygen atoms in total. The smallest absolute Gasteiger partial charge is 0.146 e. The summed E-state index contributed by atoms with van der Waals surface area (Å²) in [5.41, 5.74) is 8.23. The van der Waals surface area contributed by atoms with Gasteiger partial charge in [0.1, 0.15) is 33.6 Å². The number of hydrogen-bond acceptors (Lipinski definition) is 8. The summed E-state index contributed by atoms with van der Waals surface area (Å²) < 4.78 is 5.98. The third-order valence-corrected chi connectivity index (χ3v) is 5.14. The fraction of sp³-hybridized carbons (Fsp3) is 0.158. The number of benzene rings is 1. The van der Waals surface area contributed by atoms with Crippen LogP contribution in [-0.2, 0) is 0 Å². The summed E-state index contributed by atoms with van der Waals surface area (Å²) in [6.07, 6.45) is -0.961. The minimum atomic E-state index is -0.961. The van der Waals surface area contributed by atoms with Crippen molar-refractivity contribution >= 4 is 44.0 Å². The Kier molecular flexibility index (Phi) is 4.41. The van der Waals surface area contributed by atoms with Gasteiger partial charge in [-0.2, -0.15) is 5.26 Å². The lowest BCUT2D eigenvalue weighted by Crippen LogP contribution is -2.23. The molecule has 0 saturated carbocycles. The Bertz CT molecular complexity index is 1140. The summed E-state index contributed by atoms with van der Waals surface area (Å²) in [4.78, 5) is 5.14. The van der Waals surface area contributed by atoms with Gasteiger partial charge in [-0.3, -0.25) is 0 Å². The monoisotopic (exact) mass is 380 g/mol. The zero-order valence-corrected chi connectivity index (χ0v) is 15.0. The third-order valence-electron chi connectivity index (χ3n) is 4.25. The van der Waals surface area contributed by atoms with Gasteiger partial charge in [0.05, 0.1) is 24.0 Å². The molecule has 0 fully saturated rings. The number of para-hydroxylation sites is 1. The molecule has 4 aromatic rings. The number of aromatic nitrogens is 1. The number of rotatable bonds is 5. The first-order valence-corrected chi connectivity index (χ1v) is 9.13. The van der Waals surface area contributed by atoms with Crippen LogP contribution in [0.15, 0.2) is 40.1 Å². The molecular formula is C19H16N4O3S. The molecule has 0 aliphatic rings. The highest BCUT2D eigenvalue weighted by Crippen LogP contribution is 2.42. The van der Waals surface area contributed by atoms with Gasteiger partial charge in [0.25, 0.3) is 0 Å². The second-order valence-electron chi connectivity index (χ2n) is 6.06. The largest absolute Gasteiger partial charge is 0.456 e. The van der Waals surface area contributed by atoms with E-state index in [2.05, 4.69) is 16.4 Å². The van der Waals surface area contributed by atoms with Crippen molar-refractivity contribution in [3.05, 3.63) is 41.3 Å². The highest BCUT2D eigenvalue weighted by molar-refractivity contribution is 7.17. The van der Waals surface area contributed by atoms with E-state index < -0.39 is 6.10 Å². The number of pyridine rings is 1. The van der Waals surface area contributed by atoms with Crippen LogP contribution in [0.1, 0.15) is 5.56 Å². The van der Waals surface area contributed by atoms with E-state index in [1.807, 2.05) is 30.3 Å². The molecule has 27 heavy (non-hydrogen) atoms. The summed E-state index contributed by atoms with van der Waals surface area (Å²) in [6, 6.07) is 11.6. The first kappa shape index (κ1) is 17.3. The highest BCUT2D eigenvalue weighted by atomic mass is 32.1. The Morgan fingerprint density at radius 2 is 2.19 bits per heavy atom. The molecule has 1 unspecified atom stereocenters. The third kappa shape index (κ3) is 2.98. The number of furan rings is 1. The fourth-order valence-corrected chi connectivity index (χ4v) is 3.80. The van der Waals surface area contributed by atoms with E-state index in [4.69, 9.17) is 15.3 Å². The van der Waals surface area contributed by atoms with Crippen LogP contribution in [0.5, 0.6) is 0 Å². The maximum atomic E-state index is 9.82. The van der Waals surface area contributed by atoms with Crippen molar-refractivity contribution in [1.29, 1.82) is 5.26 Å². The number of nitrogens with zero attached hydrogens (tertiary/aromatic N) is 2. The molecule has 0 aliphatic heterocycles. The van der Waals surface area contributed by atoms with Crippen LogP contribution >= 0.6 is 11.3 Å². The molecule has 0 amide bonds. The molecule has 8 heteroatoms. The zero-order chi connectivity index (χ0) is 19.0. The lowest BCUT2D eigenvalue weighted by molar-refractivity contribution is 0.105. The first-order valence-electron chi connectivity index (χ1n) is 8.25. The van der Waals surface area contributed by atoms with E-state index >= 15 is 0 Å². The summed E-state index contributed by atoms with van der Waals surface area (Å²) in [6.45, 7) is -0.330. The van der Waals surface area contributed by atoms with Crippen molar-refractivity contribution in [3.8, 4) is 17.4 Å². The highest BCUT2D eigenvalue weighted by Gasteiger charge is 2.22. The van der Waals surface area contributed by atoms with Crippen LogP contribution in [0.3, 0.4) is 0 Å². The van der Waals surface area contributed by atoms with Crippen LogP contribution in [0, 0.1) is 11.3 Å². The maximum Gasteiger partial charge on any atom is 0.146 e. The van der Waals surface area contributed by atoms with Crippen molar-refractivity contribution in [2.45, 2.75) is 6.10 Å². The molecule has 1 aromatic carbocycles. The molecule has 0 radical (unpaired) electrons. The standard InChI is InChI=1S/C19H16N4O3S/c20-6-12-16(15-5-10-3-1-2-4-14(10)26-15)17-13(21)9-27-19(17)23-18(12)22-7-11(25)8-24/h1-5,9,11,24-25H,7-8,21H2,(H,22,23). The van der Waals surface area contributed by atoms with Crippen LogP contribution in [0.25, 0.3) is 32.5 Å². The van der Waals surface area contributed by atoms with E-state index in [1.54, 1.807) is 5.38 Å². The average Bonchev–Trinajstić information content (AvgIpc) is 3.28. The predicted octanol–water partition coefficient (Wildman–Crippen LogP) is 2.93. The van der Waals surface area contributed by atoms with E-state index in [9.17, 15) is 10.4 Å². The van der Waals surface area contributed by atoms with Crippen molar-refractivity contribution < 1.29 is 14.6 Å². The summed E-state index contributed by atoms with van der Waals surface area (Å²) in [5.74, 6) is 0.839. The second kappa shape index (κ2) is 6.89. The van der Waals surface area contributed by atoms with Crippen molar-refractivity contribution in [1.82, 2.24) is 4.98 Å². The lowest BCUT2D eigenvalue weighted by atomic mass is 10.0. The topological polar surface area (TPSA) is 128 Å². The molecule has 5 N–H and O–H groups in total. The maximum absolute atomic E-state index is 9.82. The quantitative estimate of drug-likeness (QED) is 0.419. The summed E-state index contributed by atoms with van der Waals surface area (Å²) in [5, 5.41) is 34.8. The number of aliphatic hydroxyl groups is 2. The first-order chi connectivity index (χ1) is 13.1. The van der Waals surface area contributed by atoms with Gasteiger partial charge in [-0.1, -0.05) is 18.2 Å². The second-order valence-corrected chi connectivity index (χ2v) is 6.92. The van der Waals surface area contributed by atoms with Gasteiger partial charge in [-0.15, -0.1) is 11.3 Å². The molecule has 0 bridgehead atoms. The van der Waals surface area contributed by atoms with Gasteiger partial charge in [0, 0.05) is 22.7 Å². The van der Waals surface area contributed by atoms with E-state index in [0.29, 0.717) is 38.6 Å². The fourth-order valence-electron chi connectivity index (χ4n) is 2.96. The van der Waals surface area contributed by atoms with Gasteiger partial charge in [0.15, 0.2) is 0 Å². The average molecular weight is 380 g/mol. The van der Waals surface area contributed by atoms with Gasteiger partial charge in [-0.25, -0.2) is 4.98 Å². The molecule has 0 saturated heterocycles. The van der Waals surface area contributed by atoms with Crippen LogP contribution < -0.4 is 11.1 Å². The number of fused-ring (bicyclic) bond motifs is 2. The summed E-state index contributed by atoms with van der Waals surface area (Å²) in [7, 11) is 0. The van der Waals surface area contributed by atoms with Crippen molar-refractivity contribution in [3.63, 3.8) is 0 Å². The minimum Gasteiger partial charge on any atom is -0.456 e. The van der Waals surface area contributed by atoms with Crippen LogP contribution in [-0.4, -0.2) is 34.5 Å². The SMILES string of the molecule is N#Cc1c(NCC(O)CO)nc2scc(N)c2c1-c1cc2ccccc2o1. The summed E-state index contributed by atoms with van der Waals surface area (Å²) >= 11 is 1.36. The number of hydrogen-bond donors (Lipinski definition) is 4. The zero-order valence-electron chi connectivity index (χ0n) is 14.1. The number of nitrogens with two attached hydrogens (primary N) is 1. The number of nitrogen functional groups attached to an aromatic ring is 1. The van der Waals surface area contributed by atoms with Gasteiger partial charge in [0.2, 0.25) is 0 Å². The molecular weight excluding hydrogens is 364 g/mol. The van der Waals surface area contributed by atoms with Crippen LogP contribution in [0.4, 0.5) is 11.5 Å². The van der Waals surface area contributed by atoms with E-state index in [-0.39, 0.29) is 18.7 Å². The molecule has 0 aliphatic carbocycles. The van der Waals surface area contributed by atoms with Gasteiger partial charge in [-0.05, 0) is 12.1 Å². The number of anilines is 2. The molecule has 4 rings (SSSR count). The lowest BCUT2D eigenvalue weighted by Gasteiger charge is -2.13. The van der Waals surface area contributed by atoms with E-state index in [0.717, 1.165) is 5.39 Å². The number of nitriles is 1. The van der Waals surface area contributed by atoms with Crippen molar-refractivity contribution in [2.75, 3.05) is 24.2 Å². The number of thiophene rings is 1. The normalized spacial score (nSPS) is 12.3. The Balaban J connectivity index is 1.96. The molecule has 1 atom stereocenters. The predicted molar refractivity (Wildman–Crippen MR) is 106 cm³/mol. The molecule has 0 spiro atoms. The minimum absolute atomic E-state index is 0.0596. The number of aliphatic hydroxyl groups excluding tert-OH is 2. The Labute approximate surface area is 158 Å². The van der Waals surface area contributed by atoms with Crippen LogP contribution in [0.2, 0.25) is 0 Å². The van der Waals surface area contributed by atoms with Gasteiger partial charge >= 0.3 is 0 Å². The Morgan fingerprint density at radius 1 is 1.37 bits per heavy atom.